The van der Waals surface area contributed by atoms with Crippen LogP contribution in [0.4, 0.5) is 24.5 Å². The number of carbonyl (C=O) groups is 2. The Balaban J connectivity index is 1.55. The normalized spacial score (nSPS) is 14.6. The van der Waals surface area contributed by atoms with Gasteiger partial charge in [0.1, 0.15) is 0 Å². The number of carbonyl (C=O) groups excluding carboxylic acids is 2. The van der Waals surface area contributed by atoms with Crippen LogP contribution in [0.5, 0.6) is 0 Å². The van der Waals surface area contributed by atoms with Crippen molar-refractivity contribution in [2.45, 2.75) is 19.5 Å². The summed E-state index contributed by atoms with van der Waals surface area (Å²) in [5.74, 6) is -0.187. The molecule has 1 aliphatic heterocycles. The molecular formula is C21H22F3N3O2. The number of halogens is 3. The van der Waals surface area contributed by atoms with Gasteiger partial charge in [0, 0.05) is 44.5 Å². The first-order valence-corrected chi connectivity index (χ1v) is 9.29. The van der Waals surface area contributed by atoms with Gasteiger partial charge in [-0.25, -0.2) is 0 Å². The molecule has 5 nitrogen and oxygen atoms in total. The van der Waals surface area contributed by atoms with Crippen molar-refractivity contribution in [3.63, 3.8) is 0 Å². The number of nitrogens with one attached hydrogen (secondary N) is 1. The molecule has 1 saturated heterocycles. The molecule has 1 N–H and O–H groups in total. The van der Waals surface area contributed by atoms with Crippen molar-refractivity contribution in [3.8, 4) is 0 Å². The predicted molar refractivity (Wildman–Crippen MR) is 105 cm³/mol. The van der Waals surface area contributed by atoms with Crippen LogP contribution in [0.3, 0.4) is 0 Å². The molecule has 0 atom stereocenters. The first kappa shape index (κ1) is 20.7. The van der Waals surface area contributed by atoms with E-state index in [2.05, 4.69) is 5.32 Å². The minimum Gasteiger partial charge on any atom is -0.368 e. The summed E-state index contributed by atoms with van der Waals surface area (Å²) in [5.41, 5.74) is 1.35. The fourth-order valence-corrected chi connectivity index (χ4v) is 3.29. The molecule has 1 fully saturated rings. The van der Waals surface area contributed by atoms with Gasteiger partial charge >= 0.3 is 6.18 Å². The van der Waals surface area contributed by atoms with E-state index in [1.807, 2.05) is 4.90 Å². The summed E-state index contributed by atoms with van der Waals surface area (Å²) in [4.78, 5) is 27.2. The average Bonchev–Trinajstić information content (AvgIpc) is 2.69. The van der Waals surface area contributed by atoms with Gasteiger partial charge < -0.3 is 15.1 Å². The maximum Gasteiger partial charge on any atom is 0.416 e. The molecule has 2 aromatic carbocycles. The number of alkyl halides is 3. The zero-order chi connectivity index (χ0) is 21.0. The number of nitrogens with zero attached hydrogens (tertiary/aromatic N) is 2. The summed E-state index contributed by atoms with van der Waals surface area (Å²) in [6, 6.07) is 12.3. The maximum absolute atomic E-state index is 12.9. The van der Waals surface area contributed by atoms with Crippen LogP contribution in [-0.2, 0) is 22.2 Å². The predicted octanol–water partition coefficient (Wildman–Crippen LogP) is 3.56. The van der Waals surface area contributed by atoms with Gasteiger partial charge in [0.05, 0.1) is 12.0 Å². The van der Waals surface area contributed by atoms with Gasteiger partial charge in [-0.1, -0.05) is 18.2 Å². The Labute approximate surface area is 167 Å². The largest absolute Gasteiger partial charge is 0.416 e. The quantitative estimate of drug-likeness (QED) is 0.847. The second-order valence-electron chi connectivity index (χ2n) is 6.97. The van der Waals surface area contributed by atoms with E-state index in [9.17, 15) is 22.8 Å². The van der Waals surface area contributed by atoms with Crippen molar-refractivity contribution in [2.75, 3.05) is 36.4 Å². The SMILES string of the molecule is CC(=O)Nc1ccc(CC(=O)N2CCN(c3cccc(C(F)(F)F)c3)CC2)cc1. The van der Waals surface area contributed by atoms with E-state index in [1.165, 1.54) is 13.0 Å². The van der Waals surface area contributed by atoms with Gasteiger partial charge in [-0.2, -0.15) is 13.2 Å². The van der Waals surface area contributed by atoms with Crippen LogP contribution >= 0.6 is 0 Å². The highest BCUT2D eigenvalue weighted by Crippen LogP contribution is 2.31. The maximum atomic E-state index is 12.9. The number of rotatable bonds is 4. The van der Waals surface area contributed by atoms with Crippen molar-refractivity contribution in [1.29, 1.82) is 0 Å². The summed E-state index contributed by atoms with van der Waals surface area (Å²) >= 11 is 0. The van der Waals surface area contributed by atoms with Crippen LogP contribution < -0.4 is 10.2 Å². The molecule has 29 heavy (non-hydrogen) atoms. The number of piperazine rings is 1. The summed E-state index contributed by atoms with van der Waals surface area (Å²) in [6.07, 6.45) is -4.13. The van der Waals surface area contributed by atoms with Crippen molar-refractivity contribution in [2.24, 2.45) is 0 Å². The third-order valence-corrected chi connectivity index (χ3v) is 4.80. The second kappa shape index (κ2) is 8.55. The third-order valence-electron chi connectivity index (χ3n) is 4.80. The van der Waals surface area contributed by atoms with Crippen LogP contribution in [0, 0.1) is 0 Å². The molecule has 2 amide bonds. The lowest BCUT2D eigenvalue weighted by atomic mass is 10.1. The van der Waals surface area contributed by atoms with Gasteiger partial charge in [0.15, 0.2) is 0 Å². The topological polar surface area (TPSA) is 52.7 Å². The minimum atomic E-state index is -4.37. The van der Waals surface area contributed by atoms with E-state index in [0.717, 1.165) is 17.7 Å². The monoisotopic (exact) mass is 405 g/mol. The minimum absolute atomic E-state index is 0.0269. The van der Waals surface area contributed by atoms with E-state index in [1.54, 1.807) is 35.2 Å². The molecule has 0 spiro atoms. The number of hydrogen-bond acceptors (Lipinski definition) is 3. The first-order chi connectivity index (χ1) is 13.7. The standard InChI is InChI=1S/C21H22F3N3O2/c1-15(28)25-18-7-5-16(6-8-18)13-20(29)27-11-9-26(10-12-27)19-4-2-3-17(14-19)21(22,23)24/h2-8,14H,9-13H2,1H3,(H,25,28). The van der Waals surface area contributed by atoms with Crippen molar-refractivity contribution in [3.05, 3.63) is 59.7 Å². The second-order valence-corrected chi connectivity index (χ2v) is 6.97. The lowest BCUT2D eigenvalue weighted by Gasteiger charge is -2.36. The van der Waals surface area contributed by atoms with E-state index in [0.29, 0.717) is 37.6 Å². The van der Waals surface area contributed by atoms with Crippen LogP contribution in [0.25, 0.3) is 0 Å². The summed E-state index contributed by atoms with van der Waals surface area (Å²) in [5, 5.41) is 2.67. The fraction of sp³-hybridized carbons (Fsp3) is 0.333. The lowest BCUT2D eigenvalue weighted by Crippen LogP contribution is -2.49. The highest BCUT2D eigenvalue weighted by Gasteiger charge is 2.31. The van der Waals surface area contributed by atoms with E-state index < -0.39 is 11.7 Å². The molecule has 0 radical (unpaired) electrons. The Morgan fingerprint density at radius 3 is 2.24 bits per heavy atom. The fourth-order valence-electron chi connectivity index (χ4n) is 3.29. The Morgan fingerprint density at radius 1 is 1.00 bits per heavy atom. The number of amides is 2. The highest BCUT2D eigenvalue weighted by atomic mass is 19.4. The molecule has 0 saturated carbocycles. The Morgan fingerprint density at radius 2 is 1.66 bits per heavy atom. The Kier molecular flexibility index (Phi) is 6.10. The summed E-state index contributed by atoms with van der Waals surface area (Å²) in [6.45, 7) is 3.30. The Bertz CT molecular complexity index is 873. The van der Waals surface area contributed by atoms with E-state index >= 15 is 0 Å². The van der Waals surface area contributed by atoms with E-state index in [-0.39, 0.29) is 18.2 Å². The van der Waals surface area contributed by atoms with Crippen LogP contribution in [0.1, 0.15) is 18.1 Å². The molecule has 3 rings (SSSR count). The van der Waals surface area contributed by atoms with Gasteiger partial charge in [-0.3, -0.25) is 9.59 Å². The molecule has 0 bridgehead atoms. The molecular weight excluding hydrogens is 383 g/mol. The number of benzene rings is 2. The summed E-state index contributed by atoms with van der Waals surface area (Å²) < 4.78 is 38.7. The van der Waals surface area contributed by atoms with Crippen molar-refractivity contribution < 1.29 is 22.8 Å². The molecule has 1 aliphatic rings. The molecule has 1 heterocycles. The Hall–Kier alpha value is -3.03. The summed E-state index contributed by atoms with van der Waals surface area (Å²) in [7, 11) is 0. The van der Waals surface area contributed by atoms with Crippen LogP contribution in [-0.4, -0.2) is 42.9 Å². The zero-order valence-electron chi connectivity index (χ0n) is 16.0. The van der Waals surface area contributed by atoms with Crippen molar-refractivity contribution in [1.82, 2.24) is 4.90 Å². The van der Waals surface area contributed by atoms with Gasteiger partial charge in [-0.15, -0.1) is 0 Å². The highest BCUT2D eigenvalue weighted by molar-refractivity contribution is 5.88. The molecule has 154 valence electrons. The van der Waals surface area contributed by atoms with Gasteiger partial charge in [-0.05, 0) is 35.9 Å². The first-order valence-electron chi connectivity index (χ1n) is 9.29. The van der Waals surface area contributed by atoms with E-state index in [4.69, 9.17) is 0 Å². The van der Waals surface area contributed by atoms with Crippen molar-refractivity contribution >= 4 is 23.2 Å². The molecule has 8 heteroatoms. The molecule has 0 aromatic heterocycles. The lowest BCUT2D eigenvalue weighted by molar-refractivity contribution is -0.137. The molecule has 0 aliphatic carbocycles. The van der Waals surface area contributed by atoms with Crippen LogP contribution in [0.2, 0.25) is 0 Å². The van der Waals surface area contributed by atoms with Gasteiger partial charge in [0.25, 0.3) is 0 Å². The number of hydrogen-bond donors (Lipinski definition) is 1. The van der Waals surface area contributed by atoms with Crippen LogP contribution in [0.15, 0.2) is 48.5 Å². The smallest absolute Gasteiger partial charge is 0.368 e. The zero-order valence-corrected chi connectivity index (χ0v) is 16.0. The average molecular weight is 405 g/mol. The molecule has 2 aromatic rings. The van der Waals surface area contributed by atoms with Gasteiger partial charge in [0.2, 0.25) is 11.8 Å². The molecule has 0 unspecified atom stereocenters. The third kappa shape index (κ3) is 5.49. The number of anilines is 2.